The summed E-state index contributed by atoms with van der Waals surface area (Å²) in [6, 6.07) is 69.3. The van der Waals surface area contributed by atoms with E-state index in [2.05, 4.69) is 157 Å². The Morgan fingerprint density at radius 1 is 0.246 bits per heavy atom. The average molecular weight is 830 g/mol. The third-order valence-electron chi connectivity index (χ3n) is 14.5. The number of para-hydroxylation sites is 2. The Labute approximate surface area is 372 Å². The molecule has 0 aliphatic heterocycles. The van der Waals surface area contributed by atoms with E-state index in [1.807, 2.05) is 24.3 Å². The van der Waals surface area contributed by atoms with Crippen LogP contribution in [0, 0.1) is 11.6 Å². The molecule has 0 fully saturated rings. The summed E-state index contributed by atoms with van der Waals surface area (Å²) in [5.41, 5.74) is 17.2. The van der Waals surface area contributed by atoms with Gasteiger partial charge >= 0.3 is 0 Å². The standard InChI is InChI=1S/C62H33F2N/c63-36-19-15-34(16-20-36)53-59-48-29-25-44-41-13-7-8-14-42(41)45-26-30-49(57(48)55(44)45)60(59)54(35-17-21-37(64)22-18-35)62-51-32-28-47-52-33-40(65(38-9-3-1-4-10-38)39-11-5-2-6-12-39)23-24-43(52)46-27-31-50(61(53)62)58(51)56(46)47/h1-33H. The minimum absolute atomic E-state index is 0.269. The van der Waals surface area contributed by atoms with Gasteiger partial charge in [-0.25, -0.2) is 8.78 Å². The van der Waals surface area contributed by atoms with Gasteiger partial charge in [0.05, 0.1) is 0 Å². The topological polar surface area (TPSA) is 3.24 Å². The maximum atomic E-state index is 15.0. The molecule has 0 spiro atoms. The van der Waals surface area contributed by atoms with E-state index in [0.717, 1.165) is 71.6 Å². The van der Waals surface area contributed by atoms with Gasteiger partial charge in [-0.15, -0.1) is 0 Å². The molecule has 15 rings (SSSR count). The molecule has 0 atom stereocenters. The van der Waals surface area contributed by atoms with Crippen LogP contribution in [0.2, 0.25) is 0 Å². The first-order chi connectivity index (χ1) is 32.1. The highest BCUT2D eigenvalue weighted by Crippen LogP contribution is 2.61. The number of nitrogens with zero attached hydrogens (tertiary/aromatic N) is 1. The summed E-state index contributed by atoms with van der Waals surface area (Å²) in [7, 11) is 0. The molecule has 2 aliphatic rings. The summed E-state index contributed by atoms with van der Waals surface area (Å²) in [6.07, 6.45) is 0. The molecule has 0 N–H and O–H groups in total. The molecule has 300 valence electrons. The van der Waals surface area contributed by atoms with Gasteiger partial charge in [0.1, 0.15) is 11.6 Å². The Morgan fingerprint density at radius 3 is 1.02 bits per heavy atom. The molecule has 0 unspecified atom stereocenters. The fourth-order valence-corrected chi connectivity index (χ4v) is 12.0. The second-order valence-electron chi connectivity index (χ2n) is 17.7. The summed E-state index contributed by atoms with van der Waals surface area (Å²) in [5.74, 6) is -0.539. The van der Waals surface area contributed by atoms with E-state index in [1.165, 1.54) is 76.8 Å². The number of fused-ring (bicyclic) bond motifs is 12. The SMILES string of the molecule is Fc1ccc(-c2c3c4ccc5c6c(ccc(c3c(-c3ccc(F)cc3)c3c7ccc8c9c(ccc(c23)c97)-c2ccc(N(c3ccccc3)c3ccccc3)cc2-8)c64)-c2ccccc2-5)cc1. The Bertz CT molecular complexity index is 3960. The predicted octanol–water partition coefficient (Wildman–Crippen LogP) is 17.9. The van der Waals surface area contributed by atoms with Gasteiger partial charge in [-0.1, -0.05) is 140 Å². The molecule has 0 heterocycles. The lowest BCUT2D eigenvalue weighted by Gasteiger charge is -2.26. The Balaban J connectivity index is 1.09. The number of hydrogen-bond acceptors (Lipinski definition) is 1. The molecular weight excluding hydrogens is 797 g/mol. The molecule has 2 aliphatic carbocycles. The van der Waals surface area contributed by atoms with Crippen molar-refractivity contribution >= 4 is 81.7 Å². The number of halogens is 2. The van der Waals surface area contributed by atoms with E-state index in [1.54, 1.807) is 24.3 Å². The first kappa shape index (κ1) is 35.1. The molecule has 3 heteroatoms. The molecule has 65 heavy (non-hydrogen) atoms. The van der Waals surface area contributed by atoms with Crippen molar-refractivity contribution in [3.05, 3.63) is 212 Å². The van der Waals surface area contributed by atoms with Gasteiger partial charge in [-0.3, -0.25) is 0 Å². The van der Waals surface area contributed by atoms with Crippen LogP contribution < -0.4 is 4.90 Å². The van der Waals surface area contributed by atoms with Crippen LogP contribution in [0.3, 0.4) is 0 Å². The van der Waals surface area contributed by atoms with Crippen molar-refractivity contribution in [3.63, 3.8) is 0 Å². The highest BCUT2D eigenvalue weighted by molar-refractivity contribution is 6.48. The first-order valence-electron chi connectivity index (χ1n) is 22.2. The largest absolute Gasteiger partial charge is 0.310 e. The molecule has 0 amide bonds. The average Bonchev–Trinajstić information content (AvgIpc) is 4.07. The van der Waals surface area contributed by atoms with Crippen LogP contribution in [0.15, 0.2) is 200 Å². The van der Waals surface area contributed by atoms with Gasteiger partial charge in [0.15, 0.2) is 0 Å². The molecule has 0 aromatic heterocycles. The van der Waals surface area contributed by atoms with Crippen molar-refractivity contribution in [2.75, 3.05) is 4.90 Å². The molecule has 13 aromatic carbocycles. The summed E-state index contributed by atoms with van der Waals surface area (Å²) >= 11 is 0. The van der Waals surface area contributed by atoms with Gasteiger partial charge in [0, 0.05) is 17.1 Å². The maximum absolute atomic E-state index is 15.0. The summed E-state index contributed by atoms with van der Waals surface area (Å²) < 4.78 is 29.9. The minimum Gasteiger partial charge on any atom is -0.310 e. The lowest BCUT2D eigenvalue weighted by atomic mass is 9.87. The third kappa shape index (κ3) is 4.54. The fraction of sp³-hybridized carbons (Fsp3) is 0. The van der Waals surface area contributed by atoms with Crippen LogP contribution in [0.5, 0.6) is 0 Å². The second-order valence-corrected chi connectivity index (χ2v) is 17.7. The van der Waals surface area contributed by atoms with Crippen LogP contribution >= 0.6 is 0 Å². The van der Waals surface area contributed by atoms with Crippen molar-refractivity contribution in [1.82, 2.24) is 0 Å². The van der Waals surface area contributed by atoms with E-state index in [4.69, 9.17) is 0 Å². The van der Waals surface area contributed by atoms with Crippen LogP contribution in [-0.4, -0.2) is 0 Å². The van der Waals surface area contributed by atoms with Crippen molar-refractivity contribution in [2.45, 2.75) is 0 Å². The second kappa shape index (κ2) is 12.6. The molecule has 1 nitrogen and oxygen atoms in total. The fourth-order valence-electron chi connectivity index (χ4n) is 12.0. The molecule has 13 aromatic rings. The van der Waals surface area contributed by atoms with E-state index < -0.39 is 0 Å². The normalized spacial score (nSPS) is 12.5. The Morgan fingerprint density at radius 2 is 0.600 bits per heavy atom. The number of benzene rings is 11. The van der Waals surface area contributed by atoms with E-state index >= 15 is 0 Å². The van der Waals surface area contributed by atoms with Crippen LogP contribution in [-0.2, 0) is 0 Å². The van der Waals surface area contributed by atoms with Crippen molar-refractivity contribution in [2.24, 2.45) is 0 Å². The predicted molar refractivity (Wildman–Crippen MR) is 268 cm³/mol. The molecule has 0 saturated heterocycles. The quantitative estimate of drug-likeness (QED) is 0.167. The minimum atomic E-state index is -0.269. The van der Waals surface area contributed by atoms with Crippen LogP contribution in [0.25, 0.3) is 131 Å². The lowest BCUT2D eigenvalue weighted by Crippen LogP contribution is -2.09. The molecule has 0 bridgehead atoms. The number of anilines is 3. The first-order valence-corrected chi connectivity index (χ1v) is 22.2. The number of hydrogen-bond donors (Lipinski definition) is 0. The van der Waals surface area contributed by atoms with Crippen molar-refractivity contribution < 1.29 is 8.78 Å². The smallest absolute Gasteiger partial charge is 0.123 e. The van der Waals surface area contributed by atoms with E-state index in [-0.39, 0.29) is 11.6 Å². The van der Waals surface area contributed by atoms with Gasteiger partial charge in [0.2, 0.25) is 0 Å². The highest BCUT2D eigenvalue weighted by atomic mass is 19.1. The van der Waals surface area contributed by atoms with Gasteiger partial charge in [0.25, 0.3) is 0 Å². The Kier molecular flexibility index (Phi) is 6.82. The molecule has 0 radical (unpaired) electrons. The summed E-state index contributed by atoms with van der Waals surface area (Å²) in [4.78, 5) is 2.32. The molecular formula is C62H33F2N. The monoisotopic (exact) mass is 829 g/mol. The summed E-state index contributed by atoms with van der Waals surface area (Å²) in [5, 5.41) is 14.2. The lowest BCUT2D eigenvalue weighted by molar-refractivity contribution is 0.627. The van der Waals surface area contributed by atoms with Crippen molar-refractivity contribution in [3.8, 4) is 66.8 Å². The van der Waals surface area contributed by atoms with Gasteiger partial charge in [-0.2, -0.15) is 0 Å². The van der Waals surface area contributed by atoms with Gasteiger partial charge < -0.3 is 4.90 Å². The number of rotatable bonds is 5. The highest BCUT2D eigenvalue weighted by Gasteiger charge is 2.33. The zero-order valence-electron chi connectivity index (χ0n) is 34.8. The van der Waals surface area contributed by atoms with Crippen molar-refractivity contribution in [1.29, 1.82) is 0 Å². The van der Waals surface area contributed by atoms with Crippen LogP contribution in [0.4, 0.5) is 25.8 Å². The van der Waals surface area contributed by atoms with E-state index in [9.17, 15) is 8.78 Å². The Hall–Kier alpha value is -8.40. The van der Waals surface area contributed by atoms with Crippen LogP contribution in [0.1, 0.15) is 0 Å². The van der Waals surface area contributed by atoms with Gasteiger partial charge in [-0.05, 0) is 192 Å². The third-order valence-corrected chi connectivity index (χ3v) is 14.5. The maximum Gasteiger partial charge on any atom is 0.123 e. The molecule has 0 saturated carbocycles. The van der Waals surface area contributed by atoms with E-state index in [0.29, 0.717) is 0 Å². The summed E-state index contributed by atoms with van der Waals surface area (Å²) in [6.45, 7) is 0. The zero-order chi connectivity index (χ0) is 42.7. The zero-order valence-corrected chi connectivity index (χ0v) is 34.8.